The SMILES string of the molecule is CC(C)(C)c1ccnc(-n2c3[c-]c(Oc4[c-]c(N5[CH-]N(c6cccc7c8ccccc8n(-c8ccccc8)c67)c6ccncc65)ccc4)ccc3c3ccccc32)c1.[Pt]. The number of para-hydroxylation sites is 4. The molecule has 0 fully saturated rings. The molecular weight excluding hydrogens is 908 g/mol. The van der Waals surface area contributed by atoms with Crippen LogP contribution in [0.1, 0.15) is 26.3 Å². The number of aromatic nitrogens is 4. The Labute approximate surface area is 357 Å². The number of benzene rings is 6. The van der Waals surface area contributed by atoms with E-state index in [0.717, 1.165) is 67.1 Å². The summed E-state index contributed by atoms with van der Waals surface area (Å²) in [4.78, 5) is 13.8. The van der Waals surface area contributed by atoms with Crippen molar-refractivity contribution in [1.82, 2.24) is 19.1 Å². The van der Waals surface area contributed by atoms with Crippen LogP contribution in [0.2, 0.25) is 0 Å². The van der Waals surface area contributed by atoms with E-state index in [1.807, 2.05) is 42.9 Å². The fourth-order valence-corrected chi connectivity index (χ4v) is 8.37. The summed E-state index contributed by atoms with van der Waals surface area (Å²) in [6, 6.07) is 57.7. The average Bonchev–Trinajstić information content (AvgIpc) is 3.92. The molecule has 0 saturated heterocycles. The van der Waals surface area contributed by atoms with Crippen LogP contribution in [0.25, 0.3) is 55.1 Å². The fraction of sp³-hybridized carbons (Fsp3) is 0.0784. The predicted molar refractivity (Wildman–Crippen MR) is 235 cm³/mol. The van der Waals surface area contributed by atoms with Crippen molar-refractivity contribution in [3.8, 4) is 23.0 Å². The van der Waals surface area contributed by atoms with Gasteiger partial charge in [0.05, 0.1) is 16.7 Å². The van der Waals surface area contributed by atoms with Crippen LogP contribution in [0.4, 0.5) is 22.7 Å². The van der Waals surface area contributed by atoms with E-state index < -0.39 is 0 Å². The minimum atomic E-state index is -0.0227. The van der Waals surface area contributed by atoms with E-state index in [9.17, 15) is 0 Å². The maximum absolute atomic E-state index is 6.59. The van der Waals surface area contributed by atoms with E-state index in [0.29, 0.717) is 11.5 Å². The van der Waals surface area contributed by atoms with E-state index in [2.05, 4.69) is 185 Å². The Bertz CT molecular complexity index is 3200. The van der Waals surface area contributed by atoms with Crippen LogP contribution >= 0.6 is 0 Å². The second-order valence-corrected chi connectivity index (χ2v) is 15.7. The predicted octanol–water partition coefficient (Wildman–Crippen LogP) is 12.8. The maximum Gasteiger partial charge on any atom is 0.135 e. The Morgan fingerprint density at radius 2 is 1.29 bits per heavy atom. The van der Waals surface area contributed by atoms with Gasteiger partial charge >= 0.3 is 0 Å². The Hall–Kier alpha value is -6.69. The molecule has 6 aromatic carbocycles. The third-order valence-electron chi connectivity index (χ3n) is 11.1. The van der Waals surface area contributed by atoms with Crippen molar-refractivity contribution >= 4 is 66.4 Å². The summed E-state index contributed by atoms with van der Waals surface area (Å²) in [5.41, 5.74) is 10.4. The normalized spacial score (nSPS) is 12.7. The first-order valence-corrected chi connectivity index (χ1v) is 19.5. The van der Waals surface area contributed by atoms with Gasteiger partial charge in [-0.2, -0.15) is 12.1 Å². The largest absolute Gasteiger partial charge is 0.509 e. The van der Waals surface area contributed by atoms with Crippen molar-refractivity contribution < 1.29 is 25.8 Å². The van der Waals surface area contributed by atoms with Gasteiger partial charge in [-0.3, -0.25) is 4.98 Å². The van der Waals surface area contributed by atoms with Crippen LogP contribution < -0.4 is 14.5 Å². The molecule has 4 aromatic heterocycles. The van der Waals surface area contributed by atoms with E-state index >= 15 is 0 Å². The molecule has 0 spiro atoms. The molecule has 0 amide bonds. The topological polar surface area (TPSA) is 51.4 Å². The maximum atomic E-state index is 6.59. The van der Waals surface area contributed by atoms with E-state index in [-0.39, 0.29) is 26.5 Å². The first-order chi connectivity index (χ1) is 28.4. The quantitative estimate of drug-likeness (QED) is 0.156. The van der Waals surface area contributed by atoms with Gasteiger partial charge in [-0.05, 0) is 64.9 Å². The van der Waals surface area contributed by atoms with Crippen LogP contribution in [-0.4, -0.2) is 19.1 Å². The van der Waals surface area contributed by atoms with E-state index in [4.69, 9.17) is 9.72 Å². The number of rotatable bonds is 6. The number of hydrogen-bond acceptors (Lipinski definition) is 5. The molecule has 0 aliphatic carbocycles. The minimum Gasteiger partial charge on any atom is -0.509 e. The summed E-state index contributed by atoms with van der Waals surface area (Å²) in [7, 11) is 0. The molecule has 0 unspecified atom stereocenters. The molecule has 0 N–H and O–H groups in total. The number of hydrogen-bond donors (Lipinski definition) is 0. The van der Waals surface area contributed by atoms with E-state index in [1.54, 1.807) is 0 Å². The summed E-state index contributed by atoms with van der Waals surface area (Å²) in [5.74, 6) is 2.01. The molecule has 0 bridgehead atoms. The average molecular weight is 945 g/mol. The number of nitrogens with zero attached hydrogens (tertiary/aromatic N) is 6. The molecule has 1 aliphatic heterocycles. The van der Waals surface area contributed by atoms with Crippen molar-refractivity contribution in [2.24, 2.45) is 0 Å². The van der Waals surface area contributed by atoms with Gasteiger partial charge in [0.1, 0.15) is 5.82 Å². The number of anilines is 4. The molecule has 7 nitrogen and oxygen atoms in total. The second kappa shape index (κ2) is 14.3. The smallest absolute Gasteiger partial charge is 0.135 e. The van der Waals surface area contributed by atoms with Crippen LogP contribution in [-0.2, 0) is 26.5 Å². The third-order valence-corrected chi connectivity index (χ3v) is 11.1. The Balaban J connectivity index is 0.00000420. The molecule has 1 aliphatic rings. The van der Waals surface area contributed by atoms with Gasteiger partial charge in [-0.15, -0.1) is 48.1 Å². The zero-order valence-electron chi connectivity index (χ0n) is 32.6. The van der Waals surface area contributed by atoms with Crippen LogP contribution in [0, 0.1) is 18.8 Å². The van der Waals surface area contributed by atoms with Crippen molar-refractivity contribution in [3.05, 3.63) is 189 Å². The molecule has 59 heavy (non-hydrogen) atoms. The Morgan fingerprint density at radius 1 is 0.576 bits per heavy atom. The summed E-state index contributed by atoms with van der Waals surface area (Å²) >= 11 is 0. The summed E-state index contributed by atoms with van der Waals surface area (Å²) in [6.45, 7) is 8.79. The molecule has 0 saturated carbocycles. The molecule has 290 valence electrons. The minimum absolute atomic E-state index is 0. The van der Waals surface area contributed by atoms with Crippen molar-refractivity contribution in [3.63, 3.8) is 0 Å². The molecule has 8 heteroatoms. The first kappa shape index (κ1) is 36.6. The van der Waals surface area contributed by atoms with Gasteiger partial charge in [0.25, 0.3) is 0 Å². The van der Waals surface area contributed by atoms with Crippen LogP contribution in [0.15, 0.2) is 164 Å². The third kappa shape index (κ3) is 6.07. The molecule has 10 aromatic rings. The fourth-order valence-electron chi connectivity index (χ4n) is 8.37. The summed E-state index contributed by atoms with van der Waals surface area (Å²) in [5, 5.41) is 4.61. The summed E-state index contributed by atoms with van der Waals surface area (Å²) in [6.07, 6.45) is 5.65. The van der Waals surface area contributed by atoms with Gasteiger partial charge < -0.3 is 23.7 Å². The van der Waals surface area contributed by atoms with Crippen LogP contribution in [0.5, 0.6) is 11.5 Å². The van der Waals surface area contributed by atoms with Gasteiger partial charge in [-0.25, -0.2) is 4.98 Å². The van der Waals surface area contributed by atoms with Gasteiger partial charge in [0.15, 0.2) is 0 Å². The zero-order chi connectivity index (χ0) is 39.0. The van der Waals surface area contributed by atoms with Gasteiger partial charge in [0.2, 0.25) is 0 Å². The van der Waals surface area contributed by atoms with Gasteiger partial charge in [0, 0.05) is 84.5 Å². The van der Waals surface area contributed by atoms with Crippen molar-refractivity contribution in [1.29, 1.82) is 0 Å². The van der Waals surface area contributed by atoms with Crippen LogP contribution in [0.3, 0.4) is 0 Å². The molecule has 11 rings (SSSR count). The first-order valence-electron chi connectivity index (χ1n) is 19.5. The number of fused-ring (bicyclic) bond motifs is 7. The summed E-state index contributed by atoms with van der Waals surface area (Å²) < 4.78 is 11.1. The van der Waals surface area contributed by atoms with Crippen molar-refractivity contribution in [2.75, 3.05) is 9.80 Å². The molecule has 0 radical (unpaired) electrons. The number of pyridine rings is 2. The molecule has 0 atom stereocenters. The van der Waals surface area contributed by atoms with E-state index in [1.165, 1.54) is 16.3 Å². The molecular formula is C51H37N6OPt-3. The standard InChI is InChI=1S/C51H37N6O.Pt/c1-51(2,3)34-25-28-53-49(29-34)57-44-21-10-7-17-39(44)41-24-23-38(31-47(41)57)58-37-16-11-15-36(30-37)54-33-55(45-26-27-52-32-48(45)54)46-22-12-19-42-40-18-8-9-20-43(40)56(50(42)46)35-13-5-4-6-14-35;/h4-29,32-33H,1-3H3;/q-3;. The van der Waals surface area contributed by atoms with Gasteiger partial charge in [-0.1, -0.05) is 93.0 Å². The van der Waals surface area contributed by atoms with Crippen molar-refractivity contribution in [2.45, 2.75) is 26.2 Å². The monoisotopic (exact) mass is 944 g/mol. The Kier molecular flexibility index (Phi) is 8.88. The molecule has 5 heterocycles. The zero-order valence-corrected chi connectivity index (χ0v) is 34.8. The number of ether oxygens (including phenoxy) is 1. The Morgan fingerprint density at radius 3 is 2.10 bits per heavy atom. The second-order valence-electron chi connectivity index (χ2n) is 15.7.